The summed E-state index contributed by atoms with van der Waals surface area (Å²) in [5, 5.41) is 11.7. The molecule has 1 aliphatic rings. The second-order valence-corrected chi connectivity index (χ2v) is 5.87. The van der Waals surface area contributed by atoms with Crippen molar-refractivity contribution >= 4 is 5.91 Å². The summed E-state index contributed by atoms with van der Waals surface area (Å²) in [6.07, 6.45) is 0.108. The van der Waals surface area contributed by atoms with E-state index >= 15 is 0 Å². The van der Waals surface area contributed by atoms with Crippen molar-refractivity contribution in [1.29, 1.82) is 0 Å². The van der Waals surface area contributed by atoms with Crippen molar-refractivity contribution in [1.82, 2.24) is 25.1 Å². The Morgan fingerprint density at radius 1 is 1.30 bits per heavy atom. The number of carbonyl (C=O) groups is 1. The molecule has 0 spiro atoms. The molecule has 0 bridgehead atoms. The van der Waals surface area contributed by atoms with Gasteiger partial charge in [0.15, 0.2) is 5.82 Å². The van der Waals surface area contributed by atoms with Crippen molar-refractivity contribution < 1.29 is 9.53 Å². The van der Waals surface area contributed by atoms with Crippen LogP contribution >= 0.6 is 0 Å². The van der Waals surface area contributed by atoms with Gasteiger partial charge < -0.3 is 9.64 Å². The van der Waals surface area contributed by atoms with E-state index in [9.17, 15) is 4.79 Å². The first-order valence-corrected chi connectivity index (χ1v) is 7.89. The smallest absolute Gasteiger partial charge is 0.254 e. The Balaban J connectivity index is 1.86. The van der Waals surface area contributed by atoms with Gasteiger partial charge in [-0.2, -0.15) is 0 Å². The molecule has 122 valence electrons. The lowest BCUT2D eigenvalue weighted by Gasteiger charge is -2.35. The number of tetrazole rings is 1. The van der Waals surface area contributed by atoms with E-state index in [0.717, 1.165) is 5.56 Å². The molecule has 0 N–H and O–H groups in total. The molecule has 1 aromatic carbocycles. The van der Waals surface area contributed by atoms with Crippen molar-refractivity contribution in [2.24, 2.45) is 0 Å². The van der Waals surface area contributed by atoms with Crippen molar-refractivity contribution in [2.45, 2.75) is 39.5 Å². The molecule has 1 amide bonds. The number of ether oxygens (including phenoxy) is 1. The molecule has 1 aromatic heterocycles. The molecule has 0 aliphatic carbocycles. The van der Waals surface area contributed by atoms with E-state index in [1.165, 1.54) is 0 Å². The highest BCUT2D eigenvalue weighted by molar-refractivity contribution is 5.95. The van der Waals surface area contributed by atoms with Gasteiger partial charge in [-0.25, -0.2) is 4.68 Å². The molecule has 2 aromatic rings. The first kappa shape index (κ1) is 15.6. The average molecular weight is 315 g/mol. The number of aromatic nitrogens is 4. The first-order valence-electron chi connectivity index (χ1n) is 7.89. The van der Waals surface area contributed by atoms with Gasteiger partial charge in [0.25, 0.3) is 5.91 Å². The molecule has 1 saturated heterocycles. The number of rotatable bonds is 3. The van der Waals surface area contributed by atoms with Crippen molar-refractivity contribution in [3.63, 3.8) is 0 Å². The predicted octanol–water partition coefficient (Wildman–Crippen LogP) is 1.61. The SMILES string of the molecule is CCn1nnnc1-c1cccc(C(=O)N2CC(C)OC(C)C2)c1. The number of hydrogen-bond donors (Lipinski definition) is 0. The van der Waals surface area contributed by atoms with Crippen LogP contribution < -0.4 is 0 Å². The predicted molar refractivity (Wildman–Crippen MR) is 84.8 cm³/mol. The van der Waals surface area contributed by atoms with E-state index in [1.54, 1.807) is 4.68 Å². The third-order valence-electron chi connectivity index (χ3n) is 3.91. The van der Waals surface area contributed by atoms with Crippen molar-refractivity contribution in [3.05, 3.63) is 29.8 Å². The van der Waals surface area contributed by atoms with Crippen LogP contribution in [0.25, 0.3) is 11.4 Å². The lowest BCUT2D eigenvalue weighted by Crippen LogP contribution is -2.48. The molecule has 3 rings (SSSR count). The largest absolute Gasteiger partial charge is 0.372 e. The van der Waals surface area contributed by atoms with Gasteiger partial charge in [0.2, 0.25) is 0 Å². The summed E-state index contributed by atoms with van der Waals surface area (Å²) in [4.78, 5) is 14.6. The molecule has 1 fully saturated rings. The van der Waals surface area contributed by atoms with E-state index in [-0.39, 0.29) is 18.1 Å². The van der Waals surface area contributed by atoms with E-state index < -0.39 is 0 Å². The Bertz CT molecular complexity index is 689. The van der Waals surface area contributed by atoms with Crippen LogP contribution in [0.5, 0.6) is 0 Å². The second kappa shape index (κ2) is 6.45. The Hall–Kier alpha value is -2.28. The highest BCUT2D eigenvalue weighted by Crippen LogP contribution is 2.20. The molecule has 7 heteroatoms. The van der Waals surface area contributed by atoms with Crippen LogP contribution in [-0.2, 0) is 11.3 Å². The zero-order chi connectivity index (χ0) is 16.4. The minimum atomic E-state index is 0.0179. The van der Waals surface area contributed by atoms with Gasteiger partial charge in [-0.1, -0.05) is 12.1 Å². The summed E-state index contributed by atoms with van der Waals surface area (Å²) in [6, 6.07) is 7.46. The lowest BCUT2D eigenvalue weighted by molar-refractivity contribution is -0.0586. The van der Waals surface area contributed by atoms with Gasteiger partial charge in [0.1, 0.15) is 0 Å². The standard InChI is InChI=1S/C16H21N5O2/c1-4-21-15(17-18-19-21)13-6-5-7-14(8-13)16(22)20-9-11(2)23-12(3)10-20/h5-8,11-12H,4,9-10H2,1-3H3. The minimum Gasteiger partial charge on any atom is -0.372 e. The van der Waals surface area contributed by atoms with Gasteiger partial charge in [-0.3, -0.25) is 4.79 Å². The summed E-state index contributed by atoms with van der Waals surface area (Å²) in [5.41, 5.74) is 1.49. The van der Waals surface area contributed by atoms with Crippen LogP contribution in [0.2, 0.25) is 0 Å². The Kier molecular flexibility index (Phi) is 4.38. The Morgan fingerprint density at radius 3 is 2.74 bits per heavy atom. The maximum atomic E-state index is 12.8. The third kappa shape index (κ3) is 3.24. The first-order chi connectivity index (χ1) is 11.1. The van der Waals surface area contributed by atoms with Gasteiger partial charge >= 0.3 is 0 Å². The number of amides is 1. The fourth-order valence-corrected chi connectivity index (χ4v) is 2.94. The molecule has 2 heterocycles. The zero-order valence-corrected chi connectivity index (χ0v) is 13.6. The van der Waals surface area contributed by atoms with Crippen molar-refractivity contribution in [2.75, 3.05) is 13.1 Å². The zero-order valence-electron chi connectivity index (χ0n) is 13.6. The maximum absolute atomic E-state index is 12.8. The monoisotopic (exact) mass is 315 g/mol. The molecule has 0 radical (unpaired) electrons. The van der Waals surface area contributed by atoms with Crippen LogP contribution in [0.15, 0.2) is 24.3 Å². The van der Waals surface area contributed by atoms with Crippen LogP contribution in [0, 0.1) is 0 Å². The van der Waals surface area contributed by atoms with Gasteiger partial charge in [-0.05, 0) is 43.3 Å². The van der Waals surface area contributed by atoms with E-state index in [2.05, 4.69) is 15.5 Å². The molecule has 2 unspecified atom stereocenters. The quantitative estimate of drug-likeness (QED) is 0.860. The topological polar surface area (TPSA) is 73.1 Å². The number of hydrogen-bond acceptors (Lipinski definition) is 5. The normalized spacial score (nSPS) is 21.4. The molecule has 7 nitrogen and oxygen atoms in total. The molecular weight excluding hydrogens is 294 g/mol. The molecule has 0 saturated carbocycles. The van der Waals surface area contributed by atoms with Crippen LogP contribution in [0.4, 0.5) is 0 Å². The Morgan fingerprint density at radius 2 is 2.04 bits per heavy atom. The average Bonchev–Trinajstić information content (AvgIpc) is 3.02. The molecular formula is C16H21N5O2. The summed E-state index contributed by atoms with van der Waals surface area (Å²) in [5.74, 6) is 0.690. The van der Waals surface area contributed by atoms with E-state index in [4.69, 9.17) is 4.74 Å². The minimum absolute atomic E-state index is 0.0179. The summed E-state index contributed by atoms with van der Waals surface area (Å²) in [6.45, 7) is 7.86. The second-order valence-electron chi connectivity index (χ2n) is 5.87. The summed E-state index contributed by atoms with van der Waals surface area (Å²) < 4.78 is 7.40. The summed E-state index contributed by atoms with van der Waals surface area (Å²) >= 11 is 0. The van der Waals surface area contributed by atoms with Gasteiger partial charge in [-0.15, -0.1) is 5.10 Å². The molecule has 23 heavy (non-hydrogen) atoms. The fraction of sp³-hybridized carbons (Fsp3) is 0.500. The highest BCUT2D eigenvalue weighted by Gasteiger charge is 2.26. The van der Waals surface area contributed by atoms with Gasteiger partial charge in [0.05, 0.1) is 12.2 Å². The van der Waals surface area contributed by atoms with Crippen LogP contribution in [-0.4, -0.2) is 56.3 Å². The fourth-order valence-electron chi connectivity index (χ4n) is 2.94. The summed E-state index contributed by atoms with van der Waals surface area (Å²) in [7, 11) is 0. The van der Waals surface area contributed by atoms with Crippen LogP contribution in [0.3, 0.4) is 0 Å². The van der Waals surface area contributed by atoms with Crippen molar-refractivity contribution in [3.8, 4) is 11.4 Å². The molecule has 2 atom stereocenters. The van der Waals surface area contributed by atoms with Crippen LogP contribution in [0.1, 0.15) is 31.1 Å². The Labute approximate surface area is 135 Å². The van der Waals surface area contributed by atoms with Gasteiger partial charge in [0, 0.05) is 30.8 Å². The third-order valence-corrected chi connectivity index (χ3v) is 3.91. The number of morpholine rings is 1. The molecule has 1 aliphatic heterocycles. The lowest BCUT2D eigenvalue weighted by atomic mass is 10.1. The maximum Gasteiger partial charge on any atom is 0.254 e. The van der Waals surface area contributed by atoms with E-state index in [1.807, 2.05) is 49.9 Å². The number of aryl methyl sites for hydroxylation is 1. The number of nitrogens with zero attached hydrogens (tertiary/aromatic N) is 5. The highest BCUT2D eigenvalue weighted by atomic mass is 16.5. The van der Waals surface area contributed by atoms with E-state index in [0.29, 0.717) is 31.0 Å². The number of carbonyl (C=O) groups excluding carboxylic acids is 1. The number of benzene rings is 1.